The highest BCUT2D eigenvalue weighted by Gasteiger charge is 2.19. The van der Waals surface area contributed by atoms with Crippen LogP contribution in [0, 0.1) is 5.41 Å². The third-order valence-electron chi connectivity index (χ3n) is 3.41. The number of aromatic amines is 1. The van der Waals surface area contributed by atoms with Crippen molar-refractivity contribution in [3.05, 3.63) is 30.0 Å². The molecule has 0 fully saturated rings. The van der Waals surface area contributed by atoms with Crippen LogP contribution in [0.2, 0.25) is 0 Å². The minimum Gasteiger partial charge on any atom is -0.385 e. The number of aromatic nitrogens is 2. The van der Waals surface area contributed by atoms with Crippen molar-refractivity contribution in [3.8, 4) is 0 Å². The Kier molecular flexibility index (Phi) is 4.39. The van der Waals surface area contributed by atoms with E-state index in [9.17, 15) is 4.79 Å². The molecule has 5 nitrogen and oxygen atoms in total. The van der Waals surface area contributed by atoms with Gasteiger partial charge in [0.05, 0.1) is 11.7 Å². The number of carbonyl (C=O) groups is 1. The number of ether oxygens (including phenoxy) is 1. The molecule has 0 radical (unpaired) electrons. The number of hydrogen-bond donors (Lipinski definition) is 2. The summed E-state index contributed by atoms with van der Waals surface area (Å²) in [5, 5.41) is 10.8. The van der Waals surface area contributed by atoms with Crippen LogP contribution in [0.25, 0.3) is 10.9 Å². The van der Waals surface area contributed by atoms with E-state index in [1.807, 2.05) is 18.2 Å². The lowest BCUT2D eigenvalue weighted by Crippen LogP contribution is -2.34. The summed E-state index contributed by atoms with van der Waals surface area (Å²) in [4.78, 5) is 12.2. The molecule has 0 aliphatic rings. The number of H-pyrrole nitrogens is 1. The summed E-state index contributed by atoms with van der Waals surface area (Å²) in [5.74, 6) is -0.0630. The molecule has 5 heteroatoms. The predicted octanol–water partition coefficient (Wildman–Crippen LogP) is 2.36. The van der Waals surface area contributed by atoms with Gasteiger partial charge in [-0.15, -0.1) is 0 Å². The van der Waals surface area contributed by atoms with E-state index in [4.69, 9.17) is 4.74 Å². The van der Waals surface area contributed by atoms with Crippen LogP contribution in [0.3, 0.4) is 0 Å². The molecule has 2 N–H and O–H groups in total. The zero-order chi connectivity index (χ0) is 14.6. The molecule has 20 heavy (non-hydrogen) atoms. The summed E-state index contributed by atoms with van der Waals surface area (Å²) in [7, 11) is 1.69. The van der Waals surface area contributed by atoms with Gasteiger partial charge in [-0.1, -0.05) is 19.9 Å². The van der Waals surface area contributed by atoms with Gasteiger partial charge in [-0.05, 0) is 24.0 Å². The fourth-order valence-electron chi connectivity index (χ4n) is 1.97. The van der Waals surface area contributed by atoms with Crippen LogP contribution in [-0.2, 0) is 4.74 Å². The van der Waals surface area contributed by atoms with E-state index in [1.54, 1.807) is 13.3 Å². The Labute approximate surface area is 118 Å². The van der Waals surface area contributed by atoms with E-state index in [1.165, 1.54) is 0 Å². The van der Waals surface area contributed by atoms with Crippen molar-refractivity contribution in [2.24, 2.45) is 5.41 Å². The molecule has 0 bridgehead atoms. The minimum atomic E-state index is -0.0630. The van der Waals surface area contributed by atoms with Gasteiger partial charge in [0.25, 0.3) is 5.91 Å². The summed E-state index contributed by atoms with van der Waals surface area (Å²) in [6.07, 6.45) is 2.65. The van der Waals surface area contributed by atoms with Crippen LogP contribution < -0.4 is 5.32 Å². The van der Waals surface area contributed by atoms with Crippen LogP contribution in [0.15, 0.2) is 24.4 Å². The Morgan fingerprint density at radius 1 is 1.45 bits per heavy atom. The molecule has 1 aromatic heterocycles. The molecule has 0 spiro atoms. The second-order valence-corrected chi connectivity index (χ2v) is 5.76. The molecule has 0 aliphatic heterocycles. The number of benzene rings is 1. The maximum absolute atomic E-state index is 12.2. The molecule has 0 saturated heterocycles. The Balaban J connectivity index is 1.97. The zero-order valence-electron chi connectivity index (χ0n) is 12.2. The predicted molar refractivity (Wildman–Crippen MR) is 78.7 cm³/mol. The van der Waals surface area contributed by atoms with Crippen LogP contribution >= 0.6 is 0 Å². The third kappa shape index (κ3) is 3.57. The van der Waals surface area contributed by atoms with Gasteiger partial charge >= 0.3 is 0 Å². The van der Waals surface area contributed by atoms with Gasteiger partial charge in [-0.2, -0.15) is 5.10 Å². The van der Waals surface area contributed by atoms with Gasteiger partial charge in [-0.3, -0.25) is 9.89 Å². The highest BCUT2D eigenvalue weighted by atomic mass is 16.5. The number of fused-ring (bicyclic) bond motifs is 1. The summed E-state index contributed by atoms with van der Waals surface area (Å²) in [6, 6.07) is 5.53. The van der Waals surface area contributed by atoms with E-state index in [0.717, 1.165) is 17.3 Å². The van der Waals surface area contributed by atoms with Gasteiger partial charge < -0.3 is 10.1 Å². The quantitative estimate of drug-likeness (QED) is 0.850. The van der Waals surface area contributed by atoms with E-state index in [2.05, 4.69) is 29.4 Å². The maximum Gasteiger partial charge on any atom is 0.251 e. The monoisotopic (exact) mass is 275 g/mol. The maximum atomic E-state index is 12.2. The summed E-state index contributed by atoms with van der Waals surface area (Å²) < 4.78 is 5.08. The fraction of sp³-hybridized carbons (Fsp3) is 0.467. The molecule has 1 heterocycles. The first-order chi connectivity index (χ1) is 9.52. The van der Waals surface area contributed by atoms with Gasteiger partial charge in [0.15, 0.2) is 0 Å². The Hall–Kier alpha value is -1.88. The number of hydrogen-bond acceptors (Lipinski definition) is 3. The molecule has 1 amide bonds. The number of nitrogens with zero attached hydrogens (tertiary/aromatic N) is 1. The lowest BCUT2D eigenvalue weighted by molar-refractivity contribution is 0.0921. The topological polar surface area (TPSA) is 67.0 Å². The van der Waals surface area contributed by atoms with Crippen molar-refractivity contribution in [2.45, 2.75) is 20.3 Å². The summed E-state index contributed by atoms with van der Waals surface area (Å²) in [6.45, 7) is 5.55. The second-order valence-electron chi connectivity index (χ2n) is 5.76. The van der Waals surface area contributed by atoms with E-state index < -0.39 is 0 Å². The Morgan fingerprint density at radius 2 is 2.25 bits per heavy atom. The van der Waals surface area contributed by atoms with E-state index in [0.29, 0.717) is 18.7 Å². The molecular weight excluding hydrogens is 254 g/mol. The summed E-state index contributed by atoms with van der Waals surface area (Å²) in [5.41, 5.74) is 1.53. The molecule has 2 rings (SSSR count). The van der Waals surface area contributed by atoms with Crippen LogP contribution in [0.1, 0.15) is 30.6 Å². The average Bonchev–Trinajstić information content (AvgIpc) is 2.90. The van der Waals surface area contributed by atoms with E-state index in [-0.39, 0.29) is 11.3 Å². The zero-order valence-corrected chi connectivity index (χ0v) is 12.2. The lowest BCUT2D eigenvalue weighted by atomic mass is 9.89. The first-order valence-corrected chi connectivity index (χ1v) is 6.72. The van der Waals surface area contributed by atoms with Gasteiger partial charge in [-0.25, -0.2) is 0 Å². The Morgan fingerprint density at radius 3 is 3.00 bits per heavy atom. The fourth-order valence-corrected chi connectivity index (χ4v) is 1.97. The number of carbonyl (C=O) groups excluding carboxylic acids is 1. The molecule has 1 aromatic carbocycles. The Bertz CT molecular complexity index is 590. The average molecular weight is 275 g/mol. The van der Waals surface area contributed by atoms with E-state index >= 15 is 0 Å². The molecule has 2 aromatic rings. The largest absolute Gasteiger partial charge is 0.385 e. The first-order valence-electron chi connectivity index (χ1n) is 6.72. The SMILES string of the molecule is COCCC(C)(C)CNC(=O)c1ccc2cn[nH]c2c1. The van der Waals surface area contributed by atoms with Crippen molar-refractivity contribution in [1.82, 2.24) is 15.5 Å². The highest BCUT2D eigenvalue weighted by Crippen LogP contribution is 2.19. The van der Waals surface area contributed by atoms with Crippen molar-refractivity contribution in [2.75, 3.05) is 20.3 Å². The number of amides is 1. The van der Waals surface area contributed by atoms with Gasteiger partial charge in [0, 0.05) is 31.2 Å². The second kappa shape index (κ2) is 6.05. The number of rotatable bonds is 6. The van der Waals surface area contributed by atoms with Gasteiger partial charge in [0.2, 0.25) is 0 Å². The van der Waals surface area contributed by atoms with Crippen molar-refractivity contribution in [1.29, 1.82) is 0 Å². The molecule has 0 aliphatic carbocycles. The lowest BCUT2D eigenvalue weighted by Gasteiger charge is -2.24. The van der Waals surface area contributed by atoms with Crippen LogP contribution in [0.5, 0.6) is 0 Å². The molecule has 0 atom stereocenters. The van der Waals surface area contributed by atoms with Crippen molar-refractivity contribution < 1.29 is 9.53 Å². The van der Waals surface area contributed by atoms with Crippen LogP contribution in [-0.4, -0.2) is 36.4 Å². The number of nitrogens with one attached hydrogen (secondary N) is 2. The van der Waals surface area contributed by atoms with Crippen LogP contribution in [0.4, 0.5) is 0 Å². The molecule has 0 saturated carbocycles. The van der Waals surface area contributed by atoms with Crippen molar-refractivity contribution >= 4 is 16.8 Å². The molecule has 0 unspecified atom stereocenters. The minimum absolute atomic E-state index is 0.0176. The molecule has 108 valence electrons. The standard InChI is InChI=1S/C15H21N3O2/c1-15(2,6-7-20-3)10-16-14(19)11-4-5-12-9-17-18-13(12)8-11/h4-5,8-9H,6-7,10H2,1-3H3,(H,16,19)(H,17,18). The summed E-state index contributed by atoms with van der Waals surface area (Å²) >= 11 is 0. The van der Waals surface area contributed by atoms with Gasteiger partial charge in [0.1, 0.15) is 0 Å². The van der Waals surface area contributed by atoms with Crippen molar-refractivity contribution in [3.63, 3.8) is 0 Å². The smallest absolute Gasteiger partial charge is 0.251 e. The highest BCUT2D eigenvalue weighted by molar-refractivity contribution is 5.97. The first kappa shape index (κ1) is 14.5. The molecular formula is C15H21N3O2. The number of methoxy groups -OCH3 is 1. The third-order valence-corrected chi connectivity index (χ3v) is 3.41. The normalized spacial score (nSPS) is 11.8.